The minimum absolute atomic E-state index is 0.137. The number of hydrogen-bond acceptors (Lipinski definition) is 6. The predicted molar refractivity (Wildman–Crippen MR) is 112 cm³/mol. The monoisotopic (exact) mass is 433 g/mol. The number of alkyl halides is 1. The van der Waals surface area contributed by atoms with Crippen molar-refractivity contribution in [2.24, 2.45) is 0 Å². The molecule has 0 unspecified atom stereocenters. The van der Waals surface area contributed by atoms with Gasteiger partial charge >= 0.3 is 6.09 Å². The van der Waals surface area contributed by atoms with Crippen LogP contribution in [0.25, 0.3) is 0 Å². The van der Waals surface area contributed by atoms with Gasteiger partial charge in [-0.05, 0) is 44.7 Å². The number of halogens is 1. The van der Waals surface area contributed by atoms with Gasteiger partial charge in [0.1, 0.15) is 12.3 Å². The summed E-state index contributed by atoms with van der Waals surface area (Å²) in [4.78, 5) is 28.2. The highest BCUT2D eigenvalue weighted by Crippen LogP contribution is 2.35. The molecule has 2 amide bonds. The molecule has 0 radical (unpaired) electrons. The number of rotatable bonds is 8. The van der Waals surface area contributed by atoms with Crippen LogP contribution in [0.5, 0.6) is 5.88 Å². The van der Waals surface area contributed by atoms with E-state index in [1.54, 1.807) is 31.3 Å². The van der Waals surface area contributed by atoms with E-state index in [9.17, 15) is 14.0 Å². The van der Waals surface area contributed by atoms with Gasteiger partial charge in [0.25, 0.3) is 0 Å². The summed E-state index contributed by atoms with van der Waals surface area (Å²) in [6.45, 7) is 2.98. The second-order valence-electron chi connectivity index (χ2n) is 7.79. The van der Waals surface area contributed by atoms with Crippen LogP contribution in [0.2, 0.25) is 0 Å². The minimum Gasteiger partial charge on any atom is -0.481 e. The number of aromatic nitrogens is 3. The summed E-state index contributed by atoms with van der Waals surface area (Å²) in [5.41, 5.74) is 1.66. The minimum atomic E-state index is -1.15. The molecular formula is C21H28FN5O4. The fraction of sp³-hybridized carbons (Fsp3) is 0.524. The number of methoxy groups -OCH3 is 1. The number of ether oxygens (including phenoxy) is 2. The Balaban J connectivity index is 1.48. The number of nitrogens with one attached hydrogen (secondary N) is 3. The number of alkyl carbamates (subject to hydrolysis) is 1. The maximum absolute atomic E-state index is 13.2. The number of nitrogens with zero attached hydrogens (tertiary/aromatic N) is 2. The van der Waals surface area contributed by atoms with Crippen LogP contribution in [0.15, 0.2) is 24.4 Å². The van der Waals surface area contributed by atoms with Gasteiger partial charge in [-0.15, -0.1) is 0 Å². The summed E-state index contributed by atoms with van der Waals surface area (Å²) in [6, 6.07) is 4.66. The van der Waals surface area contributed by atoms with E-state index in [1.165, 1.54) is 14.0 Å². The lowest BCUT2D eigenvalue weighted by Gasteiger charge is -2.17. The first kappa shape index (κ1) is 22.5. The van der Waals surface area contributed by atoms with E-state index in [0.29, 0.717) is 24.5 Å². The van der Waals surface area contributed by atoms with Gasteiger partial charge < -0.3 is 20.1 Å². The molecule has 0 aliphatic heterocycles. The molecule has 1 aliphatic rings. The number of pyridine rings is 1. The SMILES string of the molecule is COc1cc(CC(=O)Nc2cc([C@H]3CC[C@@H](OC(=O)N[C@@H](C)[C@H](C)F)C3)[nH]n2)ccn1. The number of carbonyl (C=O) groups excluding carboxylic acids is 2. The fourth-order valence-electron chi connectivity index (χ4n) is 3.47. The molecule has 31 heavy (non-hydrogen) atoms. The van der Waals surface area contributed by atoms with Gasteiger partial charge in [0, 0.05) is 29.9 Å². The topological polar surface area (TPSA) is 118 Å². The molecule has 2 aromatic rings. The first-order valence-corrected chi connectivity index (χ1v) is 10.3. The van der Waals surface area contributed by atoms with E-state index in [0.717, 1.165) is 17.7 Å². The number of H-pyrrole nitrogens is 1. The van der Waals surface area contributed by atoms with Crippen LogP contribution >= 0.6 is 0 Å². The molecule has 10 heteroatoms. The van der Waals surface area contributed by atoms with E-state index in [1.807, 2.05) is 0 Å². The third-order valence-corrected chi connectivity index (χ3v) is 5.37. The number of anilines is 1. The first-order chi connectivity index (χ1) is 14.8. The Morgan fingerprint density at radius 3 is 2.87 bits per heavy atom. The molecule has 0 aromatic carbocycles. The molecule has 1 fully saturated rings. The van der Waals surface area contributed by atoms with E-state index >= 15 is 0 Å². The second-order valence-corrected chi connectivity index (χ2v) is 7.79. The van der Waals surface area contributed by atoms with E-state index < -0.39 is 18.3 Å². The summed E-state index contributed by atoms with van der Waals surface area (Å²) >= 11 is 0. The maximum atomic E-state index is 13.2. The maximum Gasteiger partial charge on any atom is 0.407 e. The average Bonchev–Trinajstić information content (AvgIpc) is 3.37. The average molecular weight is 433 g/mol. The van der Waals surface area contributed by atoms with Gasteiger partial charge in [-0.25, -0.2) is 14.2 Å². The highest BCUT2D eigenvalue weighted by molar-refractivity contribution is 5.91. The molecule has 0 saturated heterocycles. The lowest BCUT2D eigenvalue weighted by atomic mass is 10.0. The van der Waals surface area contributed by atoms with E-state index in [2.05, 4.69) is 25.8 Å². The summed E-state index contributed by atoms with van der Waals surface area (Å²) < 4.78 is 23.7. The van der Waals surface area contributed by atoms with Gasteiger partial charge in [-0.3, -0.25) is 9.89 Å². The normalized spacial score (nSPS) is 20.0. The van der Waals surface area contributed by atoms with Crippen molar-refractivity contribution < 1.29 is 23.5 Å². The summed E-state index contributed by atoms with van der Waals surface area (Å²) in [5.74, 6) is 0.825. The van der Waals surface area contributed by atoms with Gasteiger partial charge in [0.05, 0.1) is 19.6 Å². The first-order valence-electron chi connectivity index (χ1n) is 10.3. The molecule has 3 rings (SSSR count). The summed E-state index contributed by atoms with van der Waals surface area (Å²) in [7, 11) is 1.52. The molecule has 4 atom stereocenters. The zero-order valence-corrected chi connectivity index (χ0v) is 17.9. The molecule has 2 aromatic heterocycles. The zero-order chi connectivity index (χ0) is 22.4. The van der Waals surface area contributed by atoms with Crippen LogP contribution in [0.4, 0.5) is 15.0 Å². The Kier molecular flexibility index (Phi) is 7.43. The molecule has 1 saturated carbocycles. The van der Waals surface area contributed by atoms with E-state index in [-0.39, 0.29) is 24.3 Å². The predicted octanol–water partition coefficient (Wildman–Crippen LogP) is 3.10. The van der Waals surface area contributed by atoms with E-state index in [4.69, 9.17) is 9.47 Å². The fourth-order valence-corrected chi connectivity index (χ4v) is 3.47. The summed E-state index contributed by atoms with van der Waals surface area (Å²) in [6.07, 6.45) is 1.93. The van der Waals surface area contributed by atoms with Crippen molar-refractivity contribution in [1.82, 2.24) is 20.5 Å². The van der Waals surface area contributed by atoms with Gasteiger partial charge in [0.15, 0.2) is 5.82 Å². The Morgan fingerprint density at radius 1 is 1.32 bits per heavy atom. The molecule has 3 N–H and O–H groups in total. The number of hydrogen-bond donors (Lipinski definition) is 3. The quantitative estimate of drug-likeness (QED) is 0.589. The molecular weight excluding hydrogens is 405 g/mol. The Labute approximate surface area is 180 Å². The number of amides is 2. The van der Waals surface area contributed by atoms with Crippen molar-refractivity contribution in [3.63, 3.8) is 0 Å². The number of aromatic amines is 1. The smallest absolute Gasteiger partial charge is 0.407 e. The standard InChI is InChI=1S/C21H28FN5O4/c1-12(22)13(2)24-21(29)31-16-5-4-15(10-16)17-11-18(27-26-17)25-19(28)8-14-6-7-23-20(9-14)30-3/h6-7,9,11-13,15-16H,4-5,8,10H2,1-3H3,(H,24,29)(H2,25,26,27,28)/t12-,13-,15-,16+/m0/s1. The highest BCUT2D eigenvalue weighted by Gasteiger charge is 2.30. The second kappa shape index (κ2) is 10.2. The third-order valence-electron chi connectivity index (χ3n) is 5.37. The Hall–Kier alpha value is -3.17. The molecule has 1 aliphatic carbocycles. The van der Waals surface area contributed by atoms with Crippen molar-refractivity contribution >= 4 is 17.8 Å². The van der Waals surface area contributed by atoms with Gasteiger partial charge in [-0.1, -0.05) is 0 Å². The third kappa shape index (κ3) is 6.40. The zero-order valence-electron chi connectivity index (χ0n) is 17.9. The molecule has 168 valence electrons. The van der Waals surface area contributed by atoms with Crippen molar-refractivity contribution in [2.75, 3.05) is 12.4 Å². The van der Waals surface area contributed by atoms with Crippen LogP contribution in [-0.2, 0) is 16.0 Å². The summed E-state index contributed by atoms with van der Waals surface area (Å²) in [5, 5.41) is 12.4. The van der Waals surface area contributed by atoms with Crippen molar-refractivity contribution in [1.29, 1.82) is 0 Å². The Bertz CT molecular complexity index is 903. The lowest BCUT2D eigenvalue weighted by molar-refractivity contribution is -0.115. The van der Waals surface area contributed by atoms with Crippen LogP contribution in [-0.4, -0.2) is 52.6 Å². The van der Waals surface area contributed by atoms with Crippen LogP contribution in [0.1, 0.15) is 50.3 Å². The largest absolute Gasteiger partial charge is 0.481 e. The van der Waals surface area contributed by atoms with Crippen LogP contribution < -0.4 is 15.4 Å². The Morgan fingerprint density at radius 2 is 2.13 bits per heavy atom. The van der Waals surface area contributed by atoms with Gasteiger partial charge in [-0.2, -0.15) is 5.10 Å². The molecule has 0 spiro atoms. The molecule has 9 nitrogen and oxygen atoms in total. The highest BCUT2D eigenvalue weighted by atomic mass is 19.1. The molecule has 0 bridgehead atoms. The molecule has 2 heterocycles. The van der Waals surface area contributed by atoms with Gasteiger partial charge in [0.2, 0.25) is 11.8 Å². The van der Waals surface area contributed by atoms with Crippen molar-refractivity contribution in [2.45, 2.75) is 63.8 Å². The van der Waals surface area contributed by atoms with Crippen molar-refractivity contribution in [3.05, 3.63) is 35.7 Å². The van der Waals surface area contributed by atoms with Crippen molar-refractivity contribution in [3.8, 4) is 5.88 Å². The van der Waals surface area contributed by atoms with Crippen LogP contribution in [0, 0.1) is 0 Å². The lowest BCUT2D eigenvalue weighted by Crippen LogP contribution is -2.39. The van der Waals surface area contributed by atoms with Crippen LogP contribution in [0.3, 0.4) is 0 Å². The number of carbonyl (C=O) groups is 2.